The van der Waals surface area contributed by atoms with E-state index in [2.05, 4.69) is 10.6 Å². The largest absolute Gasteiger partial charge is 0.345 e. The van der Waals surface area contributed by atoms with Gasteiger partial charge in [-0.15, -0.1) is 0 Å². The Kier molecular flexibility index (Phi) is 4.60. The number of benzene rings is 1. The van der Waals surface area contributed by atoms with E-state index in [1.54, 1.807) is 12.1 Å². The first-order valence-electron chi connectivity index (χ1n) is 6.02. The number of para-hydroxylation sites is 1. The number of halogens is 1. The zero-order valence-electron chi connectivity index (χ0n) is 10.7. The van der Waals surface area contributed by atoms with Gasteiger partial charge >= 0.3 is 0 Å². The van der Waals surface area contributed by atoms with E-state index >= 15 is 0 Å². The minimum absolute atomic E-state index is 0.0975. The molecule has 0 unspecified atom stereocenters. The maximum absolute atomic E-state index is 11.9. The highest BCUT2D eigenvalue weighted by atomic mass is 35.5. The number of anilines is 1. The van der Waals surface area contributed by atoms with Crippen molar-refractivity contribution >= 4 is 23.2 Å². The van der Waals surface area contributed by atoms with E-state index < -0.39 is 0 Å². The average Bonchev–Trinajstić information content (AvgIpc) is 2.80. The van der Waals surface area contributed by atoms with Gasteiger partial charge in [-0.3, -0.25) is 4.79 Å². The van der Waals surface area contributed by atoms with Gasteiger partial charge in [0.15, 0.2) is 0 Å². The van der Waals surface area contributed by atoms with E-state index in [0.717, 1.165) is 12.1 Å². The Morgan fingerprint density at radius 2 is 2.11 bits per heavy atom. The highest BCUT2D eigenvalue weighted by Crippen LogP contribution is 2.20. The summed E-state index contributed by atoms with van der Waals surface area (Å²) in [6.45, 7) is 1.06. The van der Waals surface area contributed by atoms with E-state index in [4.69, 9.17) is 11.6 Å². The molecule has 4 nitrogen and oxygen atoms in total. The van der Waals surface area contributed by atoms with Crippen molar-refractivity contribution in [1.82, 2.24) is 9.88 Å². The van der Waals surface area contributed by atoms with E-state index in [0.29, 0.717) is 10.7 Å². The molecule has 1 heterocycles. The highest BCUT2D eigenvalue weighted by molar-refractivity contribution is 6.33. The monoisotopic (exact) mass is 277 g/mol. The molecular formula is C14H16ClN3O. The molecule has 0 saturated heterocycles. The molecule has 1 aromatic heterocycles. The van der Waals surface area contributed by atoms with Gasteiger partial charge in [0.1, 0.15) is 6.54 Å². The Labute approximate surface area is 117 Å². The van der Waals surface area contributed by atoms with Crippen LogP contribution in [0.4, 0.5) is 5.69 Å². The highest BCUT2D eigenvalue weighted by Gasteiger charge is 2.06. The lowest BCUT2D eigenvalue weighted by atomic mass is 10.3. The van der Waals surface area contributed by atoms with Crippen molar-refractivity contribution in [2.75, 3.05) is 12.4 Å². The van der Waals surface area contributed by atoms with Crippen molar-refractivity contribution in [2.24, 2.45) is 0 Å². The molecule has 0 bridgehead atoms. The van der Waals surface area contributed by atoms with Crippen molar-refractivity contribution in [3.8, 4) is 0 Å². The van der Waals surface area contributed by atoms with E-state index in [9.17, 15) is 4.79 Å². The Bertz CT molecular complexity index is 565. The lowest BCUT2D eigenvalue weighted by Gasteiger charge is -2.07. The molecular weight excluding hydrogens is 262 g/mol. The van der Waals surface area contributed by atoms with Gasteiger partial charge in [0.05, 0.1) is 10.7 Å². The topological polar surface area (TPSA) is 46.1 Å². The van der Waals surface area contributed by atoms with Crippen molar-refractivity contribution in [3.63, 3.8) is 0 Å². The molecule has 0 aliphatic carbocycles. The van der Waals surface area contributed by atoms with Gasteiger partial charge in [0.2, 0.25) is 5.91 Å². The third-order valence-electron chi connectivity index (χ3n) is 2.67. The number of nitrogens with zero attached hydrogens (tertiary/aromatic N) is 1. The quantitative estimate of drug-likeness (QED) is 0.882. The SMILES string of the molecule is CNCc1ccn(CC(=O)Nc2ccccc2Cl)c1. The Balaban J connectivity index is 1.95. The second-order valence-corrected chi connectivity index (χ2v) is 4.66. The molecule has 19 heavy (non-hydrogen) atoms. The van der Waals surface area contributed by atoms with Gasteiger partial charge in [-0.1, -0.05) is 23.7 Å². The first kappa shape index (κ1) is 13.6. The summed E-state index contributed by atoms with van der Waals surface area (Å²) >= 11 is 5.99. The molecule has 1 amide bonds. The Hall–Kier alpha value is -1.78. The van der Waals surface area contributed by atoms with E-state index in [-0.39, 0.29) is 12.5 Å². The zero-order valence-corrected chi connectivity index (χ0v) is 11.4. The number of aromatic nitrogens is 1. The van der Waals surface area contributed by atoms with Crippen LogP contribution in [0.25, 0.3) is 0 Å². The number of carbonyl (C=O) groups excluding carboxylic acids is 1. The molecule has 0 aliphatic heterocycles. The Morgan fingerprint density at radius 3 is 2.84 bits per heavy atom. The van der Waals surface area contributed by atoms with Crippen LogP contribution in [0, 0.1) is 0 Å². The van der Waals surface area contributed by atoms with Gasteiger partial charge in [-0.25, -0.2) is 0 Å². The Morgan fingerprint density at radius 1 is 1.32 bits per heavy atom. The predicted molar refractivity (Wildman–Crippen MR) is 77.3 cm³/mol. The maximum atomic E-state index is 11.9. The number of nitrogens with one attached hydrogen (secondary N) is 2. The lowest BCUT2D eigenvalue weighted by Crippen LogP contribution is -2.18. The molecule has 5 heteroatoms. The van der Waals surface area contributed by atoms with Crippen LogP contribution in [-0.2, 0) is 17.9 Å². The average molecular weight is 278 g/mol. The third kappa shape index (κ3) is 3.84. The lowest BCUT2D eigenvalue weighted by molar-refractivity contribution is -0.116. The van der Waals surface area contributed by atoms with Gasteiger partial charge in [-0.05, 0) is 30.8 Å². The molecule has 0 radical (unpaired) electrons. The molecule has 0 saturated carbocycles. The second kappa shape index (κ2) is 6.41. The van der Waals surface area contributed by atoms with Gasteiger partial charge in [-0.2, -0.15) is 0 Å². The molecule has 1 aromatic carbocycles. The number of rotatable bonds is 5. The van der Waals surface area contributed by atoms with Crippen LogP contribution in [0.3, 0.4) is 0 Å². The van der Waals surface area contributed by atoms with Crippen LogP contribution < -0.4 is 10.6 Å². The number of hydrogen-bond donors (Lipinski definition) is 2. The molecule has 100 valence electrons. The third-order valence-corrected chi connectivity index (χ3v) is 3.00. The normalized spacial score (nSPS) is 10.4. The van der Waals surface area contributed by atoms with Crippen molar-refractivity contribution in [1.29, 1.82) is 0 Å². The summed E-state index contributed by atoms with van der Waals surface area (Å²) in [5, 5.41) is 6.40. The maximum Gasteiger partial charge on any atom is 0.244 e. The molecule has 0 fully saturated rings. The van der Waals surface area contributed by atoms with E-state index in [1.807, 2.05) is 42.2 Å². The fraction of sp³-hybridized carbons (Fsp3) is 0.214. The minimum Gasteiger partial charge on any atom is -0.345 e. The summed E-state index contributed by atoms with van der Waals surface area (Å²) in [5.41, 5.74) is 1.78. The van der Waals surface area contributed by atoms with Crippen molar-refractivity contribution in [3.05, 3.63) is 53.3 Å². The summed E-state index contributed by atoms with van der Waals surface area (Å²) < 4.78 is 1.85. The molecule has 0 atom stereocenters. The number of carbonyl (C=O) groups is 1. The summed E-state index contributed by atoms with van der Waals surface area (Å²) in [6.07, 6.45) is 3.83. The van der Waals surface area contributed by atoms with Crippen LogP contribution in [0.15, 0.2) is 42.7 Å². The molecule has 2 rings (SSSR count). The van der Waals surface area contributed by atoms with Crippen LogP contribution in [0.2, 0.25) is 5.02 Å². The molecule has 2 N–H and O–H groups in total. The first-order chi connectivity index (χ1) is 9.19. The van der Waals surface area contributed by atoms with E-state index in [1.165, 1.54) is 0 Å². The predicted octanol–water partition coefficient (Wildman–Crippen LogP) is 2.50. The smallest absolute Gasteiger partial charge is 0.244 e. The second-order valence-electron chi connectivity index (χ2n) is 4.25. The number of amides is 1. The molecule has 0 aliphatic rings. The number of hydrogen-bond acceptors (Lipinski definition) is 2. The fourth-order valence-electron chi connectivity index (χ4n) is 1.82. The van der Waals surface area contributed by atoms with Crippen molar-refractivity contribution < 1.29 is 4.79 Å². The van der Waals surface area contributed by atoms with Gasteiger partial charge in [0, 0.05) is 18.9 Å². The standard InChI is InChI=1S/C14H16ClN3O/c1-16-8-11-6-7-18(9-11)10-14(19)17-13-5-3-2-4-12(13)15/h2-7,9,16H,8,10H2,1H3,(H,17,19). The van der Waals surface area contributed by atoms with Gasteiger partial charge < -0.3 is 15.2 Å². The summed E-state index contributed by atoms with van der Waals surface area (Å²) in [7, 11) is 1.89. The zero-order chi connectivity index (χ0) is 13.7. The van der Waals surface area contributed by atoms with Crippen molar-refractivity contribution in [2.45, 2.75) is 13.1 Å². The van der Waals surface area contributed by atoms with Crippen LogP contribution in [0.5, 0.6) is 0 Å². The fourth-order valence-corrected chi connectivity index (χ4v) is 2.00. The van der Waals surface area contributed by atoms with Crippen LogP contribution >= 0.6 is 11.6 Å². The summed E-state index contributed by atoms with van der Waals surface area (Å²) in [4.78, 5) is 11.9. The van der Waals surface area contributed by atoms with Gasteiger partial charge in [0.25, 0.3) is 0 Å². The minimum atomic E-state index is -0.0975. The van der Waals surface area contributed by atoms with Crippen LogP contribution in [-0.4, -0.2) is 17.5 Å². The summed E-state index contributed by atoms with van der Waals surface area (Å²) in [6, 6.07) is 9.18. The molecule has 2 aromatic rings. The van der Waals surface area contributed by atoms with Crippen LogP contribution in [0.1, 0.15) is 5.56 Å². The first-order valence-corrected chi connectivity index (χ1v) is 6.40. The molecule has 0 spiro atoms. The summed E-state index contributed by atoms with van der Waals surface area (Å²) in [5.74, 6) is -0.0975.